The number of aromatic nitrogens is 2. The number of hydrogen-bond donors (Lipinski definition) is 1. The monoisotopic (exact) mass is 374 g/mol. The molecule has 1 N–H and O–H groups in total. The average Bonchev–Trinajstić information content (AvgIpc) is 3.09. The fraction of sp³-hybridized carbons (Fsp3) is 0.278. The molecule has 3 aromatic rings. The number of pyridine rings is 1. The van der Waals surface area contributed by atoms with Crippen molar-refractivity contribution in [1.82, 2.24) is 19.2 Å². The largest absolute Gasteiger partial charge is 0.345 e. The molecule has 0 saturated carbocycles. The lowest BCUT2D eigenvalue weighted by Gasteiger charge is -2.33. The van der Waals surface area contributed by atoms with Gasteiger partial charge in [-0.15, -0.1) is 0 Å². The lowest BCUT2D eigenvalue weighted by Crippen LogP contribution is -2.48. The molecule has 0 aliphatic carbocycles. The topological polar surface area (TPSA) is 69.3 Å². The zero-order valence-corrected chi connectivity index (χ0v) is 14.9. The fourth-order valence-electron chi connectivity index (χ4n) is 3.26. The van der Waals surface area contributed by atoms with Gasteiger partial charge in [0.25, 0.3) is 0 Å². The van der Waals surface area contributed by atoms with E-state index in [-0.39, 0.29) is 10.7 Å². The summed E-state index contributed by atoms with van der Waals surface area (Å²) in [7, 11) is -3.56. The Morgan fingerprint density at radius 3 is 2.54 bits per heavy atom. The van der Waals surface area contributed by atoms with Crippen LogP contribution in [0.25, 0.3) is 11.0 Å². The number of H-pyrrole nitrogens is 1. The van der Waals surface area contributed by atoms with Crippen LogP contribution in [0.1, 0.15) is 5.56 Å². The van der Waals surface area contributed by atoms with Crippen molar-refractivity contribution in [3.05, 3.63) is 60.2 Å². The van der Waals surface area contributed by atoms with Crippen molar-refractivity contribution in [1.29, 1.82) is 0 Å². The molecule has 4 rings (SSSR count). The Morgan fingerprint density at radius 1 is 1.08 bits per heavy atom. The molecule has 8 heteroatoms. The molecule has 0 radical (unpaired) electrons. The Hall–Kier alpha value is -2.29. The number of halogens is 1. The van der Waals surface area contributed by atoms with E-state index in [2.05, 4.69) is 14.9 Å². The second kappa shape index (κ2) is 6.79. The van der Waals surface area contributed by atoms with Gasteiger partial charge in [0.1, 0.15) is 16.4 Å². The van der Waals surface area contributed by atoms with Crippen LogP contribution in [0.3, 0.4) is 0 Å². The average molecular weight is 374 g/mol. The standard InChI is InChI=1S/C18H19FN4O2S/c19-15-5-3-14(4-6-15)13-22-8-10-23(11-9-22)26(24,25)17-12-21-18-16(17)2-1-7-20-18/h1-7,12H,8-11,13H2,(H,20,21). The van der Waals surface area contributed by atoms with Gasteiger partial charge in [0.05, 0.1) is 0 Å². The Morgan fingerprint density at radius 2 is 1.81 bits per heavy atom. The molecule has 1 aliphatic heterocycles. The van der Waals surface area contributed by atoms with Crippen molar-refractivity contribution in [3.8, 4) is 0 Å². The van der Waals surface area contributed by atoms with E-state index in [1.807, 2.05) is 0 Å². The molecule has 0 amide bonds. The van der Waals surface area contributed by atoms with Crippen LogP contribution in [-0.4, -0.2) is 53.8 Å². The first-order valence-electron chi connectivity index (χ1n) is 8.43. The first-order valence-corrected chi connectivity index (χ1v) is 9.87. The maximum atomic E-state index is 13.0. The Bertz CT molecular complexity index is 1010. The van der Waals surface area contributed by atoms with E-state index < -0.39 is 10.0 Å². The molecule has 1 saturated heterocycles. The molecule has 1 fully saturated rings. The van der Waals surface area contributed by atoms with Gasteiger partial charge in [-0.05, 0) is 29.8 Å². The predicted octanol–water partition coefficient (Wildman–Crippen LogP) is 2.21. The van der Waals surface area contributed by atoms with Gasteiger partial charge in [-0.3, -0.25) is 4.90 Å². The highest BCUT2D eigenvalue weighted by atomic mass is 32.2. The summed E-state index contributed by atoms with van der Waals surface area (Å²) in [6, 6.07) is 9.91. The zero-order chi connectivity index (χ0) is 18.1. The Kier molecular flexibility index (Phi) is 4.47. The molecule has 136 valence electrons. The zero-order valence-electron chi connectivity index (χ0n) is 14.1. The van der Waals surface area contributed by atoms with Gasteiger partial charge in [0.15, 0.2) is 0 Å². The Balaban J connectivity index is 1.46. The molecular formula is C18H19FN4O2S. The van der Waals surface area contributed by atoms with Crippen molar-refractivity contribution in [2.75, 3.05) is 26.2 Å². The maximum absolute atomic E-state index is 13.0. The van der Waals surface area contributed by atoms with Crippen LogP contribution < -0.4 is 0 Å². The van der Waals surface area contributed by atoms with E-state index in [0.29, 0.717) is 43.8 Å². The highest BCUT2D eigenvalue weighted by Crippen LogP contribution is 2.25. The molecule has 0 spiro atoms. The number of benzene rings is 1. The van der Waals surface area contributed by atoms with Crippen LogP contribution in [-0.2, 0) is 16.6 Å². The number of rotatable bonds is 4. The quantitative estimate of drug-likeness (QED) is 0.760. The first kappa shape index (κ1) is 17.1. The van der Waals surface area contributed by atoms with Crippen LogP contribution in [0.15, 0.2) is 53.7 Å². The number of nitrogens with one attached hydrogen (secondary N) is 1. The minimum atomic E-state index is -3.56. The smallest absolute Gasteiger partial charge is 0.245 e. The van der Waals surface area contributed by atoms with E-state index in [1.54, 1.807) is 30.5 Å². The summed E-state index contributed by atoms with van der Waals surface area (Å²) in [5, 5.41) is 0.612. The summed E-state index contributed by atoms with van der Waals surface area (Å²) in [5.41, 5.74) is 1.59. The minimum absolute atomic E-state index is 0.252. The third kappa shape index (κ3) is 3.23. The molecule has 2 aromatic heterocycles. The van der Waals surface area contributed by atoms with E-state index in [0.717, 1.165) is 5.56 Å². The first-order chi connectivity index (χ1) is 12.5. The lowest BCUT2D eigenvalue weighted by atomic mass is 10.2. The molecule has 0 unspecified atom stereocenters. The highest BCUT2D eigenvalue weighted by Gasteiger charge is 2.30. The number of fused-ring (bicyclic) bond motifs is 1. The summed E-state index contributed by atoms with van der Waals surface area (Å²) in [6.07, 6.45) is 3.14. The molecule has 3 heterocycles. The summed E-state index contributed by atoms with van der Waals surface area (Å²) in [5.74, 6) is -0.252. The molecular weight excluding hydrogens is 355 g/mol. The van der Waals surface area contributed by atoms with Crippen molar-refractivity contribution in [2.24, 2.45) is 0 Å². The fourth-order valence-corrected chi connectivity index (χ4v) is 4.83. The van der Waals surface area contributed by atoms with E-state index in [4.69, 9.17) is 0 Å². The van der Waals surface area contributed by atoms with Gasteiger partial charge < -0.3 is 4.98 Å². The third-order valence-corrected chi connectivity index (χ3v) is 6.62. The van der Waals surface area contributed by atoms with Gasteiger partial charge in [-0.25, -0.2) is 17.8 Å². The SMILES string of the molecule is O=S(=O)(c1c[nH]c2ncccc12)N1CCN(Cc2ccc(F)cc2)CC1. The van der Waals surface area contributed by atoms with E-state index in [9.17, 15) is 12.8 Å². The van der Waals surface area contributed by atoms with Gasteiger partial charge in [-0.2, -0.15) is 4.31 Å². The maximum Gasteiger partial charge on any atom is 0.245 e. The van der Waals surface area contributed by atoms with Crippen molar-refractivity contribution < 1.29 is 12.8 Å². The highest BCUT2D eigenvalue weighted by molar-refractivity contribution is 7.89. The number of piperazine rings is 1. The summed E-state index contributed by atoms with van der Waals surface area (Å²) in [6.45, 7) is 2.81. The molecule has 26 heavy (non-hydrogen) atoms. The second-order valence-electron chi connectivity index (χ2n) is 6.36. The van der Waals surface area contributed by atoms with Crippen LogP contribution in [0.2, 0.25) is 0 Å². The third-order valence-electron chi connectivity index (χ3n) is 4.68. The molecule has 1 aromatic carbocycles. The van der Waals surface area contributed by atoms with Crippen LogP contribution in [0, 0.1) is 5.82 Å². The van der Waals surface area contributed by atoms with Gasteiger partial charge in [0.2, 0.25) is 10.0 Å². The summed E-state index contributed by atoms with van der Waals surface area (Å²) in [4.78, 5) is 9.52. The summed E-state index contributed by atoms with van der Waals surface area (Å²) >= 11 is 0. The van der Waals surface area contributed by atoms with E-state index >= 15 is 0 Å². The summed E-state index contributed by atoms with van der Waals surface area (Å²) < 4.78 is 40.5. The van der Waals surface area contributed by atoms with Gasteiger partial charge in [0, 0.05) is 50.5 Å². The lowest BCUT2D eigenvalue weighted by molar-refractivity contribution is 0.181. The van der Waals surface area contributed by atoms with Crippen molar-refractivity contribution in [3.63, 3.8) is 0 Å². The molecule has 0 bridgehead atoms. The van der Waals surface area contributed by atoms with Gasteiger partial charge >= 0.3 is 0 Å². The Labute approximate surface area is 151 Å². The van der Waals surface area contributed by atoms with Crippen LogP contribution >= 0.6 is 0 Å². The normalized spacial score (nSPS) is 17.0. The van der Waals surface area contributed by atoms with Crippen molar-refractivity contribution in [2.45, 2.75) is 11.4 Å². The van der Waals surface area contributed by atoms with Crippen molar-refractivity contribution >= 4 is 21.1 Å². The number of sulfonamides is 1. The van der Waals surface area contributed by atoms with Gasteiger partial charge in [-0.1, -0.05) is 12.1 Å². The number of aromatic amines is 1. The van der Waals surface area contributed by atoms with E-state index in [1.165, 1.54) is 22.6 Å². The number of nitrogens with zero attached hydrogens (tertiary/aromatic N) is 3. The van der Waals surface area contributed by atoms with Crippen LogP contribution in [0.5, 0.6) is 0 Å². The molecule has 0 atom stereocenters. The second-order valence-corrected chi connectivity index (χ2v) is 8.27. The molecule has 1 aliphatic rings. The number of hydrogen-bond acceptors (Lipinski definition) is 4. The van der Waals surface area contributed by atoms with Crippen LogP contribution in [0.4, 0.5) is 4.39 Å². The predicted molar refractivity (Wildman–Crippen MR) is 96.5 cm³/mol. The molecule has 6 nitrogen and oxygen atoms in total. The minimum Gasteiger partial charge on any atom is -0.345 e.